The van der Waals surface area contributed by atoms with E-state index in [2.05, 4.69) is 10.3 Å². The van der Waals surface area contributed by atoms with E-state index in [0.29, 0.717) is 24.7 Å². The largest absolute Gasteiger partial charge is 0.516 e. The number of nitrogens with one attached hydrogen (secondary N) is 2. The van der Waals surface area contributed by atoms with Crippen molar-refractivity contribution in [3.63, 3.8) is 0 Å². The normalized spacial score (nSPS) is 22.0. The lowest BCUT2D eigenvalue weighted by molar-refractivity contribution is -0.0229. The van der Waals surface area contributed by atoms with Gasteiger partial charge in [-0.1, -0.05) is 13.3 Å². The number of rotatable bonds is 7. The number of methoxy groups -OCH3 is 1. The molecule has 0 saturated carbocycles. The summed E-state index contributed by atoms with van der Waals surface area (Å²) in [5.74, 6) is -1.28. The molecule has 1 aromatic rings. The molecule has 0 bridgehead atoms. The van der Waals surface area contributed by atoms with Crippen LogP contribution in [0.4, 0.5) is 0 Å². The molecule has 0 aliphatic carbocycles. The van der Waals surface area contributed by atoms with Gasteiger partial charge < -0.3 is 35.5 Å². The molecule has 144 valence electrons. The highest BCUT2D eigenvalue weighted by atomic mass is 16.5. The highest BCUT2D eigenvalue weighted by molar-refractivity contribution is 6.00. The van der Waals surface area contributed by atoms with Gasteiger partial charge in [0.2, 0.25) is 0 Å². The predicted octanol–water partition coefficient (Wildman–Crippen LogP) is 0.0828. The van der Waals surface area contributed by atoms with E-state index in [9.17, 15) is 24.9 Å². The maximum atomic E-state index is 12.4. The molecule has 1 aliphatic rings. The van der Waals surface area contributed by atoms with Crippen LogP contribution in [0.25, 0.3) is 0 Å². The smallest absolute Gasteiger partial charge is 0.354 e. The Balaban J connectivity index is 2.49. The first kappa shape index (κ1) is 20.0. The summed E-state index contributed by atoms with van der Waals surface area (Å²) >= 11 is 0. The Bertz CT molecular complexity index is 698. The molecule has 4 atom stereocenters. The van der Waals surface area contributed by atoms with Gasteiger partial charge in [-0.25, -0.2) is 4.79 Å². The molecule has 9 heteroatoms. The zero-order chi connectivity index (χ0) is 19.4. The van der Waals surface area contributed by atoms with Gasteiger partial charge in [0, 0.05) is 5.56 Å². The van der Waals surface area contributed by atoms with Crippen molar-refractivity contribution < 1.29 is 34.8 Å². The molecule has 6 N–H and O–H groups in total. The third kappa shape index (κ3) is 3.59. The van der Waals surface area contributed by atoms with Crippen LogP contribution >= 0.6 is 0 Å². The number of H-pyrrole nitrogens is 1. The van der Waals surface area contributed by atoms with Gasteiger partial charge in [-0.2, -0.15) is 0 Å². The highest BCUT2D eigenvalue weighted by Crippen LogP contribution is 2.34. The summed E-state index contributed by atoms with van der Waals surface area (Å²) in [6, 6.07) is -1.22. The standard InChI is InChI=1S/C17H24N2O7/c1-3-4-5-8-10-12(18-11(8)17(25)26-2)16(24)19-13(15(10)23)14(22)9(21)6-7-20/h6-7,9,13-15,18,20-23H,3-5H2,1-2H3,(H,19,24). The van der Waals surface area contributed by atoms with Crippen molar-refractivity contribution in [2.45, 2.75) is 50.5 Å². The average molecular weight is 368 g/mol. The van der Waals surface area contributed by atoms with Gasteiger partial charge in [-0.3, -0.25) is 4.79 Å². The van der Waals surface area contributed by atoms with E-state index >= 15 is 0 Å². The van der Waals surface area contributed by atoms with Crippen LogP contribution < -0.4 is 5.32 Å². The van der Waals surface area contributed by atoms with Crippen LogP contribution in [0.1, 0.15) is 58.0 Å². The molecule has 4 unspecified atom stereocenters. The van der Waals surface area contributed by atoms with Gasteiger partial charge in [-0.15, -0.1) is 0 Å². The maximum absolute atomic E-state index is 12.4. The number of aliphatic hydroxyl groups is 4. The number of amides is 1. The SMILES string of the molecule is CCCCc1c(C(=O)OC)[nH]c2c1C(O)C(C(O)C(O)C=CO)NC2=O. The third-order valence-corrected chi connectivity index (χ3v) is 4.48. The van der Waals surface area contributed by atoms with Crippen LogP contribution in [0.3, 0.4) is 0 Å². The second kappa shape index (κ2) is 8.35. The lowest BCUT2D eigenvalue weighted by atomic mass is 9.87. The summed E-state index contributed by atoms with van der Waals surface area (Å²) in [6.45, 7) is 1.96. The van der Waals surface area contributed by atoms with Crippen LogP contribution in [0.2, 0.25) is 0 Å². The van der Waals surface area contributed by atoms with Crippen LogP contribution in [-0.2, 0) is 11.2 Å². The zero-order valence-electron chi connectivity index (χ0n) is 14.6. The molecule has 0 spiro atoms. The van der Waals surface area contributed by atoms with E-state index in [1.54, 1.807) is 0 Å². The van der Waals surface area contributed by atoms with Gasteiger partial charge in [0.1, 0.15) is 29.7 Å². The minimum absolute atomic E-state index is 0.0274. The quantitative estimate of drug-likeness (QED) is 0.294. The molecule has 0 aromatic carbocycles. The molecule has 2 rings (SSSR count). The van der Waals surface area contributed by atoms with Gasteiger partial charge in [0.05, 0.1) is 19.4 Å². The van der Waals surface area contributed by atoms with Crippen LogP contribution in [0.5, 0.6) is 0 Å². The Morgan fingerprint density at radius 3 is 2.65 bits per heavy atom. The topological polar surface area (TPSA) is 152 Å². The van der Waals surface area contributed by atoms with E-state index in [1.807, 2.05) is 6.92 Å². The van der Waals surface area contributed by atoms with E-state index in [0.717, 1.165) is 12.5 Å². The first-order valence-corrected chi connectivity index (χ1v) is 8.36. The minimum Gasteiger partial charge on any atom is -0.516 e. The number of esters is 1. The first-order chi connectivity index (χ1) is 12.4. The van der Waals surface area contributed by atoms with Gasteiger partial charge >= 0.3 is 5.97 Å². The maximum Gasteiger partial charge on any atom is 0.354 e. The summed E-state index contributed by atoms with van der Waals surface area (Å²) in [5.41, 5.74) is 0.790. The van der Waals surface area contributed by atoms with Gasteiger partial charge in [0.15, 0.2) is 0 Å². The molecule has 1 amide bonds. The molecule has 2 heterocycles. The second-order valence-electron chi connectivity index (χ2n) is 6.13. The van der Waals surface area contributed by atoms with Crippen LogP contribution in [-0.4, -0.2) is 62.6 Å². The van der Waals surface area contributed by atoms with Crippen molar-refractivity contribution in [1.29, 1.82) is 0 Å². The minimum atomic E-state index is -1.57. The Morgan fingerprint density at radius 1 is 1.38 bits per heavy atom. The Hall–Kier alpha value is -2.36. The lowest BCUT2D eigenvalue weighted by Gasteiger charge is -2.34. The summed E-state index contributed by atoms with van der Waals surface area (Å²) in [7, 11) is 1.21. The number of carbonyl (C=O) groups is 2. The van der Waals surface area contributed by atoms with E-state index in [4.69, 9.17) is 9.84 Å². The first-order valence-electron chi connectivity index (χ1n) is 8.36. The molecule has 9 nitrogen and oxygen atoms in total. The molecule has 0 radical (unpaired) electrons. The molecule has 1 aromatic heterocycles. The Kier molecular flexibility index (Phi) is 6.41. The van der Waals surface area contributed by atoms with Crippen LogP contribution in [0.15, 0.2) is 12.3 Å². The number of carbonyl (C=O) groups excluding carboxylic acids is 2. The number of aromatic amines is 1. The molecule has 1 aliphatic heterocycles. The molecule has 26 heavy (non-hydrogen) atoms. The van der Waals surface area contributed by atoms with E-state index < -0.39 is 36.2 Å². The third-order valence-electron chi connectivity index (χ3n) is 4.48. The average Bonchev–Trinajstić information content (AvgIpc) is 3.02. The Morgan fingerprint density at radius 2 is 2.08 bits per heavy atom. The van der Waals surface area contributed by atoms with Gasteiger partial charge in [-0.05, 0) is 24.5 Å². The number of fused-ring (bicyclic) bond motifs is 1. The van der Waals surface area contributed by atoms with Crippen molar-refractivity contribution in [2.75, 3.05) is 7.11 Å². The zero-order valence-corrected chi connectivity index (χ0v) is 14.6. The van der Waals surface area contributed by atoms with E-state index in [1.165, 1.54) is 7.11 Å². The summed E-state index contributed by atoms with van der Waals surface area (Å²) in [4.78, 5) is 27.2. The monoisotopic (exact) mass is 368 g/mol. The number of hydrogen-bond acceptors (Lipinski definition) is 7. The van der Waals surface area contributed by atoms with Crippen molar-refractivity contribution in [3.8, 4) is 0 Å². The van der Waals surface area contributed by atoms with Crippen molar-refractivity contribution in [2.24, 2.45) is 0 Å². The fraction of sp³-hybridized carbons (Fsp3) is 0.529. The number of ether oxygens (including phenoxy) is 1. The summed E-state index contributed by atoms with van der Waals surface area (Å²) in [6.07, 6.45) is -0.968. The second-order valence-corrected chi connectivity index (χ2v) is 6.13. The summed E-state index contributed by atoms with van der Waals surface area (Å²) in [5, 5.41) is 41.9. The molecular weight excluding hydrogens is 344 g/mol. The van der Waals surface area contributed by atoms with Crippen LogP contribution in [0, 0.1) is 0 Å². The molecule has 0 fully saturated rings. The highest BCUT2D eigenvalue weighted by Gasteiger charge is 2.42. The fourth-order valence-electron chi connectivity index (χ4n) is 3.12. The lowest BCUT2D eigenvalue weighted by Crippen LogP contribution is -2.54. The van der Waals surface area contributed by atoms with Crippen molar-refractivity contribution in [1.82, 2.24) is 10.3 Å². The summed E-state index contributed by atoms with van der Waals surface area (Å²) < 4.78 is 4.74. The van der Waals surface area contributed by atoms with Gasteiger partial charge in [0.25, 0.3) is 5.91 Å². The molecule has 0 saturated heterocycles. The number of unbranched alkanes of at least 4 members (excludes halogenated alkanes) is 1. The van der Waals surface area contributed by atoms with Crippen molar-refractivity contribution >= 4 is 11.9 Å². The fourth-order valence-corrected chi connectivity index (χ4v) is 3.12. The Labute approximate surface area is 150 Å². The molecular formula is C17H24N2O7. The number of aromatic nitrogens is 1. The number of aliphatic hydroxyl groups excluding tert-OH is 4. The number of hydrogen-bond donors (Lipinski definition) is 6. The van der Waals surface area contributed by atoms with Crippen molar-refractivity contribution in [3.05, 3.63) is 34.9 Å². The predicted molar refractivity (Wildman–Crippen MR) is 90.7 cm³/mol. The van der Waals surface area contributed by atoms with E-state index in [-0.39, 0.29) is 17.0 Å².